The minimum absolute atomic E-state index is 0.225. The number of rotatable bonds is 6. The fraction of sp³-hybridized carbons (Fsp3) is 0.500. The number of esters is 1. The lowest BCUT2D eigenvalue weighted by Crippen LogP contribution is -2.31. The molecule has 0 amide bonds. The van der Waals surface area contributed by atoms with E-state index in [0.29, 0.717) is 17.3 Å². The highest BCUT2D eigenvalue weighted by Crippen LogP contribution is 2.33. The maximum atomic E-state index is 12.8. The number of alkyl halides is 3. The van der Waals surface area contributed by atoms with Gasteiger partial charge in [-0.2, -0.15) is 13.2 Å². The van der Waals surface area contributed by atoms with Crippen LogP contribution in [0.15, 0.2) is 22.7 Å². The smallest absolute Gasteiger partial charge is 0.416 e. The van der Waals surface area contributed by atoms with Gasteiger partial charge in [-0.15, -0.1) is 0 Å². The van der Waals surface area contributed by atoms with Crippen molar-refractivity contribution in [2.24, 2.45) is 0 Å². The molecule has 0 aliphatic carbocycles. The van der Waals surface area contributed by atoms with Crippen LogP contribution >= 0.6 is 15.9 Å². The van der Waals surface area contributed by atoms with Crippen LogP contribution in [0.2, 0.25) is 0 Å². The molecule has 1 N–H and O–H groups in total. The first-order valence-corrected chi connectivity index (χ1v) is 7.38. The lowest BCUT2D eigenvalue weighted by molar-refractivity contribution is -0.144. The highest BCUT2D eigenvalue weighted by molar-refractivity contribution is 9.10. The van der Waals surface area contributed by atoms with Crippen molar-refractivity contribution < 1.29 is 22.7 Å². The van der Waals surface area contributed by atoms with Gasteiger partial charge in [0.1, 0.15) is 6.04 Å². The van der Waals surface area contributed by atoms with Crippen molar-refractivity contribution in [2.75, 3.05) is 11.9 Å². The molecule has 0 aliphatic rings. The van der Waals surface area contributed by atoms with E-state index < -0.39 is 23.8 Å². The number of anilines is 1. The minimum atomic E-state index is -4.44. The summed E-state index contributed by atoms with van der Waals surface area (Å²) in [4.78, 5) is 11.8. The molecule has 0 saturated heterocycles. The first-order chi connectivity index (χ1) is 9.77. The molecule has 0 aliphatic heterocycles. The first kappa shape index (κ1) is 17.8. The maximum absolute atomic E-state index is 12.8. The van der Waals surface area contributed by atoms with Gasteiger partial charge in [-0.05, 0) is 31.5 Å². The van der Waals surface area contributed by atoms with Gasteiger partial charge in [0.15, 0.2) is 0 Å². The van der Waals surface area contributed by atoms with E-state index >= 15 is 0 Å². The monoisotopic (exact) mass is 367 g/mol. The van der Waals surface area contributed by atoms with Crippen molar-refractivity contribution >= 4 is 27.6 Å². The van der Waals surface area contributed by atoms with Gasteiger partial charge in [-0.25, -0.2) is 4.79 Å². The highest BCUT2D eigenvalue weighted by atomic mass is 79.9. The molecule has 3 nitrogen and oxygen atoms in total. The molecule has 21 heavy (non-hydrogen) atoms. The van der Waals surface area contributed by atoms with Crippen LogP contribution in [0.1, 0.15) is 32.3 Å². The Bertz CT molecular complexity index is 492. The topological polar surface area (TPSA) is 38.3 Å². The normalized spacial score (nSPS) is 12.9. The molecule has 0 radical (unpaired) electrons. The van der Waals surface area contributed by atoms with E-state index in [1.807, 2.05) is 6.92 Å². The van der Waals surface area contributed by atoms with E-state index in [1.54, 1.807) is 6.92 Å². The Kier molecular flexibility index (Phi) is 6.51. The van der Waals surface area contributed by atoms with Crippen LogP contribution in [-0.4, -0.2) is 18.6 Å². The van der Waals surface area contributed by atoms with Crippen molar-refractivity contribution in [1.29, 1.82) is 0 Å². The molecule has 0 fully saturated rings. The van der Waals surface area contributed by atoms with Crippen molar-refractivity contribution in [3.63, 3.8) is 0 Å². The molecule has 1 aromatic carbocycles. The van der Waals surface area contributed by atoms with Crippen LogP contribution in [0, 0.1) is 0 Å². The fourth-order valence-electron chi connectivity index (χ4n) is 1.82. The molecular formula is C14H17BrF3NO2. The number of carbonyl (C=O) groups is 1. The van der Waals surface area contributed by atoms with Gasteiger partial charge in [-0.1, -0.05) is 29.3 Å². The third kappa shape index (κ3) is 5.57. The predicted octanol–water partition coefficient (Wildman–Crippen LogP) is 4.61. The Morgan fingerprint density at radius 2 is 2.00 bits per heavy atom. The van der Waals surface area contributed by atoms with Crippen LogP contribution in [0.4, 0.5) is 18.9 Å². The molecule has 1 rings (SSSR count). The Morgan fingerprint density at radius 1 is 1.33 bits per heavy atom. The number of nitrogens with one attached hydrogen (secondary N) is 1. The molecule has 1 aromatic rings. The number of ether oxygens (including phenoxy) is 1. The first-order valence-electron chi connectivity index (χ1n) is 6.58. The maximum Gasteiger partial charge on any atom is 0.416 e. The summed E-state index contributed by atoms with van der Waals surface area (Å²) >= 11 is 3.05. The van der Waals surface area contributed by atoms with Gasteiger partial charge in [-0.3, -0.25) is 0 Å². The van der Waals surface area contributed by atoms with Crippen molar-refractivity contribution in [2.45, 2.75) is 38.9 Å². The van der Waals surface area contributed by atoms with Crippen LogP contribution < -0.4 is 5.32 Å². The molecule has 0 heterocycles. The molecular weight excluding hydrogens is 351 g/mol. The van der Waals surface area contributed by atoms with Crippen LogP contribution in [-0.2, 0) is 15.7 Å². The second kappa shape index (κ2) is 7.68. The van der Waals surface area contributed by atoms with Gasteiger partial charge in [0, 0.05) is 10.2 Å². The Labute approximate surface area is 130 Å². The van der Waals surface area contributed by atoms with Crippen molar-refractivity contribution in [3.05, 3.63) is 28.2 Å². The molecule has 0 aromatic heterocycles. The lowest BCUT2D eigenvalue weighted by Gasteiger charge is -2.19. The van der Waals surface area contributed by atoms with Gasteiger partial charge < -0.3 is 10.1 Å². The van der Waals surface area contributed by atoms with Gasteiger partial charge in [0.25, 0.3) is 0 Å². The Hall–Kier alpha value is -1.24. The zero-order valence-corrected chi connectivity index (χ0v) is 13.3. The Morgan fingerprint density at radius 3 is 2.52 bits per heavy atom. The molecule has 7 heteroatoms. The van der Waals surface area contributed by atoms with Gasteiger partial charge in [0.05, 0.1) is 12.2 Å². The minimum Gasteiger partial charge on any atom is -0.464 e. The SMILES string of the molecule is CCCC(Nc1cc(Br)cc(C(F)(F)F)c1)C(=O)OCC. The molecule has 118 valence electrons. The predicted molar refractivity (Wildman–Crippen MR) is 78.1 cm³/mol. The third-order valence-electron chi connectivity index (χ3n) is 2.71. The van der Waals surface area contributed by atoms with Crippen LogP contribution in [0.5, 0.6) is 0 Å². The summed E-state index contributed by atoms with van der Waals surface area (Å²) in [5.41, 5.74) is -0.554. The number of hydrogen-bond donors (Lipinski definition) is 1. The zero-order valence-electron chi connectivity index (χ0n) is 11.8. The van der Waals surface area contributed by atoms with E-state index in [0.717, 1.165) is 12.1 Å². The summed E-state index contributed by atoms with van der Waals surface area (Å²) in [6, 6.07) is 2.80. The largest absolute Gasteiger partial charge is 0.464 e. The third-order valence-corrected chi connectivity index (χ3v) is 3.17. The Balaban J connectivity index is 2.98. The summed E-state index contributed by atoms with van der Waals surface area (Å²) < 4.78 is 43.5. The summed E-state index contributed by atoms with van der Waals surface area (Å²) in [6.45, 7) is 3.80. The van der Waals surface area contributed by atoms with Gasteiger partial charge >= 0.3 is 12.1 Å². The highest BCUT2D eigenvalue weighted by Gasteiger charge is 2.31. The van der Waals surface area contributed by atoms with Gasteiger partial charge in [0.2, 0.25) is 0 Å². The summed E-state index contributed by atoms with van der Waals surface area (Å²) in [5.74, 6) is -0.465. The zero-order chi connectivity index (χ0) is 16.0. The second-order valence-corrected chi connectivity index (χ2v) is 5.38. The number of hydrogen-bond acceptors (Lipinski definition) is 3. The van der Waals surface area contributed by atoms with E-state index in [1.165, 1.54) is 6.07 Å². The van der Waals surface area contributed by atoms with E-state index in [-0.39, 0.29) is 12.3 Å². The average Bonchev–Trinajstić information content (AvgIpc) is 2.37. The van der Waals surface area contributed by atoms with E-state index in [9.17, 15) is 18.0 Å². The molecule has 0 spiro atoms. The molecule has 0 bridgehead atoms. The number of benzene rings is 1. The standard InChI is InChI=1S/C14H17BrF3NO2/c1-3-5-12(13(20)21-4-2)19-11-7-9(14(16,17)18)6-10(15)8-11/h6-8,12,19H,3-5H2,1-2H3. The molecule has 0 saturated carbocycles. The van der Waals surface area contributed by atoms with E-state index in [2.05, 4.69) is 21.2 Å². The number of carbonyl (C=O) groups excluding carboxylic acids is 1. The van der Waals surface area contributed by atoms with Crippen LogP contribution in [0.3, 0.4) is 0 Å². The quantitative estimate of drug-likeness (QED) is 0.746. The average molecular weight is 368 g/mol. The fourth-order valence-corrected chi connectivity index (χ4v) is 2.31. The lowest BCUT2D eigenvalue weighted by atomic mass is 10.1. The van der Waals surface area contributed by atoms with E-state index in [4.69, 9.17) is 4.74 Å². The second-order valence-electron chi connectivity index (χ2n) is 4.46. The molecule has 1 atom stereocenters. The number of halogens is 4. The summed E-state index contributed by atoms with van der Waals surface area (Å²) in [7, 11) is 0. The van der Waals surface area contributed by atoms with Crippen LogP contribution in [0.25, 0.3) is 0 Å². The molecule has 1 unspecified atom stereocenters. The summed E-state index contributed by atoms with van der Waals surface area (Å²) in [5, 5.41) is 2.81. The van der Waals surface area contributed by atoms with Crippen molar-refractivity contribution in [3.8, 4) is 0 Å². The summed E-state index contributed by atoms with van der Waals surface area (Å²) in [6.07, 6.45) is -3.26. The van der Waals surface area contributed by atoms with Crippen molar-refractivity contribution in [1.82, 2.24) is 0 Å².